The summed E-state index contributed by atoms with van der Waals surface area (Å²) < 4.78 is 0. The van der Waals surface area contributed by atoms with Crippen LogP contribution in [0.4, 0.5) is 5.69 Å². The molecule has 3 aliphatic rings. The fraction of sp³-hybridized carbons (Fsp3) is 0.417. The topological polar surface area (TPSA) is 198 Å². The molecule has 1 aliphatic heterocycles. The molecule has 4 aromatic rings. The summed E-state index contributed by atoms with van der Waals surface area (Å²) >= 11 is 0. The van der Waals surface area contributed by atoms with E-state index in [1.807, 2.05) is 37.3 Å². The zero-order valence-electron chi connectivity index (χ0n) is 27.5. The Morgan fingerprint density at radius 3 is 2.24 bits per heavy atom. The molecule has 2 aromatic carbocycles. The van der Waals surface area contributed by atoms with Crippen LogP contribution in [0.15, 0.2) is 60.7 Å². The molecule has 49 heavy (non-hydrogen) atoms. The van der Waals surface area contributed by atoms with Gasteiger partial charge in [0.1, 0.15) is 11.7 Å². The average molecular weight is 663 g/mol. The van der Waals surface area contributed by atoms with Crippen molar-refractivity contribution in [2.45, 2.75) is 51.1 Å². The van der Waals surface area contributed by atoms with Crippen molar-refractivity contribution in [1.29, 1.82) is 0 Å². The van der Waals surface area contributed by atoms with Gasteiger partial charge in [-0.3, -0.25) is 19.3 Å². The number of fused-ring (bicyclic) bond motifs is 1. The lowest BCUT2D eigenvalue weighted by molar-refractivity contribution is -0.127. The van der Waals surface area contributed by atoms with E-state index in [0.717, 1.165) is 53.9 Å². The van der Waals surface area contributed by atoms with Gasteiger partial charge in [0.15, 0.2) is 0 Å². The second kappa shape index (κ2) is 13.8. The molecule has 2 unspecified atom stereocenters. The van der Waals surface area contributed by atoms with Gasteiger partial charge in [0, 0.05) is 54.0 Å². The Bertz CT molecular complexity index is 1790. The van der Waals surface area contributed by atoms with Crippen molar-refractivity contribution < 1.29 is 14.4 Å². The monoisotopic (exact) mass is 662 g/mol. The standard InChI is InChI=1S/C36H42N10O3/c1-20-27(14-15-30(40-20)35(48)41-32-28-18-39-19-29(28)32)23-6-2-21(3-7-23)16-31(33(38)47)46(36(49)25-8-4-22(17-37)5-9-25)26-12-10-24(11-13-26)34-42-44-45-43-34/h2-3,6-7,10-15,22,25,28-29,31-32,39H,4-5,8-9,16-19,37H2,1H3,(H2,38,47)(H,41,48)(H,42,43,44,45)/t22?,25?,28?,29?,31-,32?/m0/s1. The van der Waals surface area contributed by atoms with Crippen LogP contribution in [0, 0.1) is 30.6 Å². The summed E-state index contributed by atoms with van der Waals surface area (Å²) in [5.41, 5.74) is 17.1. The molecule has 0 bridgehead atoms. The van der Waals surface area contributed by atoms with Crippen LogP contribution in [-0.4, -0.2) is 75.0 Å². The highest BCUT2D eigenvalue weighted by molar-refractivity contribution is 6.02. The second-order valence-electron chi connectivity index (χ2n) is 13.6. The molecule has 7 rings (SSSR count). The Hall–Kier alpha value is -5.01. The smallest absolute Gasteiger partial charge is 0.270 e. The molecule has 7 N–H and O–H groups in total. The summed E-state index contributed by atoms with van der Waals surface area (Å²) in [6, 6.07) is 18.0. The van der Waals surface area contributed by atoms with Crippen LogP contribution in [-0.2, 0) is 16.0 Å². The number of hydrogen-bond acceptors (Lipinski definition) is 9. The van der Waals surface area contributed by atoms with Gasteiger partial charge in [0.05, 0.1) is 0 Å². The van der Waals surface area contributed by atoms with Crippen molar-refractivity contribution in [2.75, 3.05) is 24.5 Å². The van der Waals surface area contributed by atoms with Gasteiger partial charge in [0.25, 0.3) is 5.91 Å². The van der Waals surface area contributed by atoms with Crippen molar-refractivity contribution in [3.05, 3.63) is 77.6 Å². The number of piperidine rings is 1. The summed E-state index contributed by atoms with van der Waals surface area (Å²) in [5, 5.41) is 20.6. The van der Waals surface area contributed by atoms with Gasteiger partial charge in [-0.1, -0.05) is 30.3 Å². The molecule has 2 saturated carbocycles. The van der Waals surface area contributed by atoms with Gasteiger partial charge in [-0.15, -0.1) is 10.2 Å². The minimum Gasteiger partial charge on any atom is -0.368 e. The lowest BCUT2D eigenvalue weighted by Gasteiger charge is -2.35. The van der Waals surface area contributed by atoms with Crippen molar-refractivity contribution in [1.82, 2.24) is 36.2 Å². The normalized spacial score (nSPS) is 23.3. The first-order valence-electron chi connectivity index (χ1n) is 17.1. The first-order chi connectivity index (χ1) is 23.8. The highest BCUT2D eigenvalue weighted by atomic mass is 16.2. The van der Waals surface area contributed by atoms with Crippen LogP contribution in [0.25, 0.3) is 22.5 Å². The van der Waals surface area contributed by atoms with Crippen molar-refractivity contribution in [3.63, 3.8) is 0 Å². The number of benzene rings is 2. The molecule has 1 saturated heterocycles. The summed E-state index contributed by atoms with van der Waals surface area (Å²) in [6.45, 7) is 4.42. The van der Waals surface area contributed by atoms with Crippen LogP contribution in [0.1, 0.15) is 47.4 Å². The Balaban J connectivity index is 1.09. The van der Waals surface area contributed by atoms with Crippen molar-refractivity contribution in [2.24, 2.45) is 35.1 Å². The quantitative estimate of drug-likeness (QED) is 0.160. The zero-order valence-corrected chi connectivity index (χ0v) is 27.5. The summed E-state index contributed by atoms with van der Waals surface area (Å²) in [6.07, 6.45) is 3.41. The third-order valence-electron chi connectivity index (χ3n) is 10.6. The lowest BCUT2D eigenvalue weighted by atomic mass is 9.81. The molecule has 0 radical (unpaired) electrons. The molecule has 3 fully saturated rings. The number of nitrogens with one attached hydrogen (secondary N) is 3. The number of pyridine rings is 1. The van der Waals surface area contributed by atoms with Gasteiger partial charge in [-0.25, -0.2) is 4.98 Å². The number of carbonyl (C=O) groups excluding carboxylic acids is 3. The van der Waals surface area contributed by atoms with Crippen LogP contribution in [0.2, 0.25) is 0 Å². The molecule has 0 spiro atoms. The molecule has 254 valence electrons. The van der Waals surface area contributed by atoms with Crippen molar-refractivity contribution >= 4 is 23.4 Å². The van der Waals surface area contributed by atoms with Gasteiger partial charge >= 0.3 is 0 Å². The van der Waals surface area contributed by atoms with E-state index >= 15 is 0 Å². The average Bonchev–Trinajstić information content (AvgIpc) is 3.51. The molecule has 3 amide bonds. The lowest BCUT2D eigenvalue weighted by Crippen LogP contribution is -2.52. The number of amides is 3. The number of H-pyrrole nitrogens is 1. The maximum atomic E-state index is 14.2. The number of nitrogens with two attached hydrogens (primary N) is 2. The van der Waals surface area contributed by atoms with Crippen LogP contribution in [0.3, 0.4) is 0 Å². The fourth-order valence-corrected chi connectivity index (χ4v) is 7.57. The number of primary amides is 1. The van der Waals surface area contributed by atoms with Crippen LogP contribution >= 0.6 is 0 Å². The summed E-state index contributed by atoms with van der Waals surface area (Å²) in [7, 11) is 0. The predicted octanol–water partition coefficient (Wildman–Crippen LogP) is 2.38. The Morgan fingerprint density at radius 1 is 0.939 bits per heavy atom. The number of aromatic nitrogens is 5. The van der Waals surface area contributed by atoms with Gasteiger partial charge in [-0.05, 0) is 104 Å². The van der Waals surface area contributed by atoms with E-state index < -0.39 is 11.9 Å². The molecular formula is C36H42N10O3. The molecular weight excluding hydrogens is 620 g/mol. The van der Waals surface area contributed by atoms with Crippen molar-refractivity contribution in [3.8, 4) is 22.5 Å². The van der Waals surface area contributed by atoms with E-state index in [2.05, 4.69) is 36.2 Å². The Kier molecular flexibility index (Phi) is 9.19. The number of hydrogen-bond donors (Lipinski definition) is 5. The Labute approximate surface area is 284 Å². The third-order valence-corrected chi connectivity index (χ3v) is 10.6. The predicted molar refractivity (Wildman–Crippen MR) is 184 cm³/mol. The molecule has 13 heteroatoms. The first kappa shape index (κ1) is 32.5. The number of anilines is 1. The maximum Gasteiger partial charge on any atom is 0.270 e. The fourth-order valence-electron chi connectivity index (χ4n) is 7.57. The molecule has 2 aliphatic carbocycles. The minimum atomic E-state index is -0.912. The minimum absolute atomic E-state index is 0.115. The summed E-state index contributed by atoms with van der Waals surface area (Å²) in [5.74, 6) is 0.819. The van der Waals surface area contributed by atoms with E-state index in [1.165, 1.54) is 0 Å². The zero-order chi connectivity index (χ0) is 34.1. The molecule has 13 nitrogen and oxygen atoms in total. The van der Waals surface area contributed by atoms with E-state index in [0.29, 0.717) is 54.3 Å². The highest BCUT2D eigenvalue weighted by Crippen LogP contribution is 2.41. The third kappa shape index (κ3) is 6.81. The van der Waals surface area contributed by atoms with E-state index in [-0.39, 0.29) is 30.2 Å². The second-order valence-corrected chi connectivity index (χ2v) is 13.6. The number of aryl methyl sites for hydroxylation is 1. The number of tetrazole rings is 1. The van der Waals surface area contributed by atoms with E-state index in [1.54, 1.807) is 35.2 Å². The van der Waals surface area contributed by atoms with Gasteiger partial charge < -0.3 is 22.1 Å². The Morgan fingerprint density at radius 2 is 1.63 bits per heavy atom. The molecule has 3 atom stereocenters. The van der Waals surface area contributed by atoms with Gasteiger partial charge in [0.2, 0.25) is 17.6 Å². The highest BCUT2D eigenvalue weighted by Gasteiger charge is 2.53. The molecule has 3 heterocycles. The number of aromatic amines is 1. The van der Waals surface area contributed by atoms with E-state index in [9.17, 15) is 14.4 Å². The summed E-state index contributed by atoms with van der Waals surface area (Å²) in [4.78, 5) is 46.4. The van der Waals surface area contributed by atoms with E-state index in [4.69, 9.17) is 11.5 Å². The number of nitrogens with zero attached hydrogens (tertiary/aromatic N) is 5. The first-order valence-corrected chi connectivity index (χ1v) is 17.1. The molecule has 2 aromatic heterocycles. The van der Waals surface area contributed by atoms with Crippen LogP contribution in [0.5, 0.6) is 0 Å². The SMILES string of the molecule is Cc1nc(C(=O)NC2C3CNCC32)ccc1-c1ccc(C[C@@H](C(N)=O)N(C(=O)C2CCC(CN)CC2)c2ccc(-c3nn[nH]n3)cc2)cc1. The van der Waals surface area contributed by atoms with Gasteiger partial charge in [-0.2, -0.15) is 5.21 Å². The van der Waals surface area contributed by atoms with Crippen LogP contribution < -0.4 is 27.0 Å². The number of carbonyl (C=O) groups is 3. The maximum absolute atomic E-state index is 14.2. The number of rotatable bonds is 11. The largest absolute Gasteiger partial charge is 0.368 e.